The van der Waals surface area contributed by atoms with Gasteiger partial charge >= 0.3 is 12.4 Å². The second-order valence-electron chi connectivity index (χ2n) is 4.60. The zero-order valence-corrected chi connectivity index (χ0v) is 11.1. The molecule has 0 saturated heterocycles. The Labute approximate surface area is 120 Å². The van der Waals surface area contributed by atoms with Gasteiger partial charge in [0.05, 0.1) is 16.8 Å². The molecule has 0 aliphatic heterocycles. The molecule has 0 fully saturated rings. The molecule has 0 aliphatic carbocycles. The van der Waals surface area contributed by atoms with Crippen molar-refractivity contribution >= 4 is 5.88 Å². The van der Waals surface area contributed by atoms with Gasteiger partial charge in [-0.15, -0.1) is 0 Å². The summed E-state index contributed by atoms with van der Waals surface area (Å²) in [6.45, 7) is 1.36. The zero-order valence-electron chi connectivity index (χ0n) is 11.1. The quantitative estimate of drug-likeness (QED) is 0.836. The number of benzene rings is 1. The normalized spacial score (nSPS) is 12.5. The second kappa shape index (κ2) is 5.54. The minimum absolute atomic E-state index is 0.0854. The first-order chi connectivity index (χ1) is 10.1. The lowest BCUT2D eigenvalue weighted by atomic mass is 10.0. The van der Waals surface area contributed by atoms with Crippen LogP contribution in [-0.4, -0.2) is 5.16 Å². The van der Waals surface area contributed by atoms with Crippen molar-refractivity contribution in [2.24, 2.45) is 0 Å². The lowest BCUT2D eigenvalue weighted by Crippen LogP contribution is -2.12. The van der Waals surface area contributed by atoms with Gasteiger partial charge in [0, 0.05) is 12.6 Å². The number of hydrogen-bond donors (Lipinski definition) is 1. The minimum atomic E-state index is -4.86. The van der Waals surface area contributed by atoms with E-state index in [2.05, 4.69) is 10.5 Å². The standard InChI is InChI=1S/C13H10F6N2O/c1-7-2-11(22-21-7)20-6-8-3-9(12(14,15)16)5-10(4-8)13(17,18)19/h2-5,20H,6H2,1H3. The van der Waals surface area contributed by atoms with E-state index in [9.17, 15) is 26.3 Å². The molecule has 0 spiro atoms. The lowest BCUT2D eigenvalue weighted by molar-refractivity contribution is -0.143. The molecule has 0 amide bonds. The third-order valence-corrected chi connectivity index (χ3v) is 2.74. The fraction of sp³-hybridized carbons (Fsp3) is 0.308. The second-order valence-corrected chi connectivity index (χ2v) is 4.60. The predicted octanol–water partition coefficient (Wildman–Crippen LogP) is 4.63. The average Bonchev–Trinajstić information content (AvgIpc) is 2.80. The molecule has 0 bridgehead atoms. The largest absolute Gasteiger partial charge is 0.416 e. The zero-order chi connectivity index (χ0) is 16.5. The van der Waals surface area contributed by atoms with Gasteiger partial charge in [0.15, 0.2) is 0 Å². The van der Waals surface area contributed by atoms with Gasteiger partial charge < -0.3 is 9.84 Å². The molecule has 2 aromatic rings. The highest BCUT2D eigenvalue weighted by atomic mass is 19.4. The summed E-state index contributed by atoms with van der Waals surface area (Å²) < 4.78 is 80.9. The van der Waals surface area contributed by atoms with Gasteiger partial charge in [0.2, 0.25) is 5.88 Å². The summed E-state index contributed by atoms with van der Waals surface area (Å²) >= 11 is 0. The highest BCUT2D eigenvalue weighted by molar-refractivity contribution is 5.37. The van der Waals surface area contributed by atoms with E-state index in [1.807, 2.05) is 0 Å². The monoisotopic (exact) mass is 324 g/mol. The van der Waals surface area contributed by atoms with Crippen molar-refractivity contribution < 1.29 is 30.9 Å². The number of halogens is 6. The Balaban J connectivity index is 2.29. The molecule has 0 aliphatic rings. The molecule has 0 unspecified atom stereocenters. The highest BCUT2D eigenvalue weighted by Gasteiger charge is 2.36. The number of alkyl halides is 6. The van der Waals surface area contributed by atoms with E-state index < -0.39 is 23.5 Å². The summed E-state index contributed by atoms with van der Waals surface area (Å²) in [5, 5.41) is 6.12. The molecule has 0 atom stereocenters. The molecule has 0 saturated carbocycles. The van der Waals surface area contributed by atoms with Crippen molar-refractivity contribution in [1.82, 2.24) is 5.16 Å². The summed E-state index contributed by atoms with van der Waals surface area (Å²) in [6, 6.07) is 2.87. The van der Waals surface area contributed by atoms with Crippen molar-refractivity contribution in [3.8, 4) is 0 Å². The van der Waals surface area contributed by atoms with E-state index in [1.54, 1.807) is 6.92 Å². The molecular formula is C13H10F6N2O. The van der Waals surface area contributed by atoms with Gasteiger partial charge in [-0.25, -0.2) is 0 Å². The summed E-state index contributed by atoms with van der Waals surface area (Å²) in [6.07, 6.45) is -9.72. The molecule has 22 heavy (non-hydrogen) atoms. The van der Waals surface area contributed by atoms with Crippen molar-refractivity contribution in [2.75, 3.05) is 5.32 Å². The molecule has 1 N–H and O–H groups in total. The maximum atomic E-state index is 12.7. The molecule has 3 nitrogen and oxygen atoms in total. The Morgan fingerprint density at radius 2 is 1.50 bits per heavy atom. The lowest BCUT2D eigenvalue weighted by Gasteiger charge is -2.14. The van der Waals surface area contributed by atoms with E-state index in [0.29, 0.717) is 17.8 Å². The van der Waals surface area contributed by atoms with Gasteiger partial charge in [-0.3, -0.25) is 0 Å². The highest BCUT2D eigenvalue weighted by Crippen LogP contribution is 2.36. The van der Waals surface area contributed by atoms with Gasteiger partial charge in [-0.05, 0) is 30.7 Å². The average molecular weight is 324 g/mol. The van der Waals surface area contributed by atoms with Crippen LogP contribution < -0.4 is 5.32 Å². The molecule has 2 rings (SSSR count). The van der Waals surface area contributed by atoms with Crippen LogP contribution in [0.5, 0.6) is 0 Å². The van der Waals surface area contributed by atoms with Crippen molar-refractivity contribution in [2.45, 2.75) is 25.8 Å². The van der Waals surface area contributed by atoms with Gasteiger partial charge in [0.1, 0.15) is 0 Å². The van der Waals surface area contributed by atoms with Gasteiger partial charge in [-0.2, -0.15) is 26.3 Å². The molecule has 120 valence electrons. The van der Waals surface area contributed by atoms with Crippen molar-refractivity contribution in [3.63, 3.8) is 0 Å². The Morgan fingerprint density at radius 1 is 0.955 bits per heavy atom. The SMILES string of the molecule is Cc1cc(NCc2cc(C(F)(F)F)cc(C(F)(F)F)c2)on1. The number of anilines is 1. The van der Waals surface area contributed by atoms with Gasteiger partial charge in [0.25, 0.3) is 0 Å². The first-order valence-corrected chi connectivity index (χ1v) is 6.01. The molecule has 0 radical (unpaired) electrons. The molecule has 9 heteroatoms. The molecular weight excluding hydrogens is 314 g/mol. The Hall–Kier alpha value is -2.19. The first kappa shape index (κ1) is 16.2. The van der Waals surface area contributed by atoms with E-state index in [-0.39, 0.29) is 24.1 Å². The maximum Gasteiger partial charge on any atom is 0.416 e. The topological polar surface area (TPSA) is 38.1 Å². The van der Waals surface area contributed by atoms with Crippen LogP contribution >= 0.6 is 0 Å². The van der Waals surface area contributed by atoms with Crippen LogP contribution in [-0.2, 0) is 18.9 Å². The third-order valence-electron chi connectivity index (χ3n) is 2.74. The molecule has 1 heterocycles. The van der Waals surface area contributed by atoms with Crippen LogP contribution in [0.1, 0.15) is 22.4 Å². The van der Waals surface area contributed by atoms with Crippen LogP contribution in [0.15, 0.2) is 28.8 Å². The minimum Gasteiger partial charge on any atom is -0.350 e. The van der Waals surface area contributed by atoms with Crippen LogP contribution in [0.2, 0.25) is 0 Å². The third kappa shape index (κ3) is 3.92. The van der Waals surface area contributed by atoms with Crippen LogP contribution in [0.3, 0.4) is 0 Å². The molecule has 1 aromatic carbocycles. The number of nitrogens with one attached hydrogen (secondary N) is 1. The Bertz CT molecular complexity index is 627. The number of hydrogen-bond acceptors (Lipinski definition) is 3. The van der Waals surface area contributed by atoms with E-state index in [0.717, 1.165) is 0 Å². The number of rotatable bonds is 3. The maximum absolute atomic E-state index is 12.7. The van der Waals surface area contributed by atoms with Crippen molar-refractivity contribution in [1.29, 1.82) is 0 Å². The van der Waals surface area contributed by atoms with Gasteiger partial charge in [-0.1, -0.05) is 5.16 Å². The van der Waals surface area contributed by atoms with Crippen LogP contribution in [0.25, 0.3) is 0 Å². The summed E-state index contributed by atoms with van der Waals surface area (Å²) in [7, 11) is 0. The van der Waals surface area contributed by atoms with E-state index >= 15 is 0 Å². The number of aryl methyl sites for hydroxylation is 1. The summed E-state index contributed by atoms with van der Waals surface area (Å²) in [5.74, 6) is 0.156. The fourth-order valence-electron chi connectivity index (χ4n) is 1.76. The molecule has 1 aromatic heterocycles. The predicted molar refractivity (Wildman–Crippen MR) is 65.0 cm³/mol. The smallest absolute Gasteiger partial charge is 0.350 e. The van der Waals surface area contributed by atoms with E-state index in [1.165, 1.54) is 6.07 Å². The van der Waals surface area contributed by atoms with Crippen molar-refractivity contribution in [3.05, 3.63) is 46.6 Å². The van der Waals surface area contributed by atoms with Crippen LogP contribution in [0.4, 0.5) is 32.2 Å². The Morgan fingerprint density at radius 3 is 1.91 bits per heavy atom. The van der Waals surface area contributed by atoms with Crippen LogP contribution in [0, 0.1) is 6.92 Å². The summed E-state index contributed by atoms with van der Waals surface area (Å²) in [5.41, 5.74) is -2.35. The fourth-order valence-corrected chi connectivity index (χ4v) is 1.76. The number of nitrogens with zero attached hydrogens (tertiary/aromatic N) is 1. The first-order valence-electron chi connectivity index (χ1n) is 6.01. The summed E-state index contributed by atoms with van der Waals surface area (Å²) in [4.78, 5) is 0. The van der Waals surface area contributed by atoms with E-state index in [4.69, 9.17) is 4.52 Å². The number of aromatic nitrogens is 1. The Kier molecular flexibility index (Phi) is 4.08.